The number of hydrogen-bond acceptors (Lipinski definition) is 4. The molecule has 4 nitrogen and oxygen atoms in total. The zero-order valence-corrected chi connectivity index (χ0v) is 26.4. The molecule has 0 amide bonds. The highest BCUT2D eigenvalue weighted by Crippen LogP contribution is 2.27. The highest BCUT2D eigenvalue weighted by Gasteiger charge is 2.39. The molecule has 35 heavy (non-hydrogen) atoms. The summed E-state index contributed by atoms with van der Waals surface area (Å²) in [6.07, 6.45) is 19.1. The van der Waals surface area contributed by atoms with Crippen LogP contribution in [-0.4, -0.2) is 43.5 Å². The van der Waals surface area contributed by atoms with Crippen LogP contribution in [-0.2, 0) is 17.7 Å². The van der Waals surface area contributed by atoms with E-state index in [1.165, 1.54) is 0 Å². The van der Waals surface area contributed by atoms with E-state index in [4.69, 9.17) is 17.7 Å². The highest BCUT2D eigenvalue weighted by molar-refractivity contribution is 6.74. The van der Waals surface area contributed by atoms with E-state index in [2.05, 4.69) is 65.1 Å². The van der Waals surface area contributed by atoms with Gasteiger partial charge in [-0.05, 0) is 68.4 Å². The van der Waals surface area contributed by atoms with Crippen molar-refractivity contribution in [2.45, 2.75) is 137 Å². The molecule has 0 fully saturated rings. The first-order valence-corrected chi connectivity index (χ1v) is 19.2. The van der Waals surface area contributed by atoms with E-state index in [1.807, 2.05) is 0 Å². The van der Waals surface area contributed by atoms with Gasteiger partial charge in [-0.2, -0.15) is 0 Å². The Balaban J connectivity index is 5.66. The highest BCUT2D eigenvalue weighted by atomic mass is 28.4. The summed E-state index contributed by atoms with van der Waals surface area (Å²) >= 11 is 0. The Kier molecular flexibility index (Phi) is 23.9. The molecule has 0 heterocycles. The summed E-state index contributed by atoms with van der Waals surface area (Å²) in [4.78, 5) is 0. The lowest BCUT2D eigenvalue weighted by Crippen LogP contribution is -2.44. The van der Waals surface area contributed by atoms with E-state index in [-0.39, 0.29) is 0 Å². The molecule has 0 rings (SSSR count). The Bertz CT molecular complexity index is 447. The molecule has 0 saturated carbocycles. The van der Waals surface area contributed by atoms with Crippen LogP contribution in [0.25, 0.3) is 0 Å². The SMILES string of the molecule is CCCC=C[Si](CCC[Si](C=CCCC)(OCCCC)OCCCC)(OCCCC)OCCCC. The first kappa shape index (κ1) is 34.8. The molecule has 0 aliphatic carbocycles. The van der Waals surface area contributed by atoms with Crippen LogP contribution in [0, 0.1) is 0 Å². The zero-order valence-electron chi connectivity index (χ0n) is 24.4. The summed E-state index contributed by atoms with van der Waals surface area (Å²) in [5.74, 6) is 0. The van der Waals surface area contributed by atoms with Crippen LogP contribution in [0.4, 0.5) is 0 Å². The van der Waals surface area contributed by atoms with Crippen molar-refractivity contribution in [2.24, 2.45) is 0 Å². The average molecular weight is 529 g/mol. The van der Waals surface area contributed by atoms with Gasteiger partial charge < -0.3 is 17.7 Å². The summed E-state index contributed by atoms with van der Waals surface area (Å²) in [6.45, 7) is 16.5. The molecule has 0 aliphatic heterocycles. The van der Waals surface area contributed by atoms with Crippen molar-refractivity contribution in [1.82, 2.24) is 0 Å². The van der Waals surface area contributed by atoms with E-state index < -0.39 is 17.1 Å². The molecule has 0 radical (unpaired) electrons. The fourth-order valence-corrected chi connectivity index (χ4v) is 9.89. The Hall–Kier alpha value is -0.246. The molecule has 0 aromatic carbocycles. The first-order valence-electron chi connectivity index (χ1n) is 15.0. The van der Waals surface area contributed by atoms with Crippen LogP contribution in [0.5, 0.6) is 0 Å². The third-order valence-corrected chi connectivity index (χ3v) is 12.4. The summed E-state index contributed by atoms with van der Waals surface area (Å²) in [6, 6.07) is 1.95. The van der Waals surface area contributed by atoms with Gasteiger partial charge in [0.15, 0.2) is 0 Å². The number of allylic oxidation sites excluding steroid dienone is 2. The maximum Gasteiger partial charge on any atom is 0.364 e. The second-order valence-corrected chi connectivity index (χ2v) is 15.7. The largest absolute Gasteiger partial charge is 0.391 e. The van der Waals surface area contributed by atoms with Gasteiger partial charge in [-0.15, -0.1) is 0 Å². The van der Waals surface area contributed by atoms with Gasteiger partial charge in [-0.25, -0.2) is 0 Å². The third-order valence-electron chi connectivity index (χ3n) is 6.08. The van der Waals surface area contributed by atoms with Gasteiger partial charge in [-0.3, -0.25) is 0 Å². The molecule has 0 atom stereocenters. The van der Waals surface area contributed by atoms with Crippen LogP contribution >= 0.6 is 0 Å². The first-order chi connectivity index (χ1) is 17.1. The summed E-state index contributed by atoms with van der Waals surface area (Å²) in [5.41, 5.74) is 4.68. The minimum atomic E-state index is -2.41. The number of hydrogen-bond donors (Lipinski definition) is 0. The fraction of sp³-hybridized carbons (Fsp3) is 0.862. The van der Waals surface area contributed by atoms with Gasteiger partial charge in [0.05, 0.1) is 0 Å². The standard InChI is InChI=1S/C29H60O4Si2/c1-7-13-19-26-34(30-22-15-9-3,31-23-16-10-4)28-21-29-35(27-20-14-8-2,32-24-17-11-5)33-25-18-12-6/h19-20,26-27H,7-18,21-25,28-29H2,1-6H3. The Morgan fingerprint density at radius 3 is 1.00 bits per heavy atom. The monoisotopic (exact) mass is 528 g/mol. The van der Waals surface area contributed by atoms with Crippen molar-refractivity contribution < 1.29 is 17.7 Å². The third kappa shape index (κ3) is 17.8. The second kappa shape index (κ2) is 24.1. The van der Waals surface area contributed by atoms with Crippen LogP contribution < -0.4 is 0 Å². The van der Waals surface area contributed by atoms with Gasteiger partial charge in [0.25, 0.3) is 0 Å². The molecular formula is C29H60O4Si2. The molecule has 208 valence electrons. The van der Waals surface area contributed by atoms with Crippen molar-refractivity contribution in [3.63, 3.8) is 0 Å². The molecule has 0 spiro atoms. The lowest BCUT2D eigenvalue weighted by Gasteiger charge is -2.31. The van der Waals surface area contributed by atoms with Crippen molar-refractivity contribution in [2.75, 3.05) is 26.4 Å². The average Bonchev–Trinajstić information content (AvgIpc) is 2.85. The topological polar surface area (TPSA) is 36.9 Å². The van der Waals surface area contributed by atoms with Crippen LogP contribution in [0.2, 0.25) is 12.1 Å². The fourth-order valence-electron chi connectivity index (χ4n) is 3.73. The smallest absolute Gasteiger partial charge is 0.364 e. The molecule has 0 aliphatic rings. The van der Waals surface area contributed by atoms with Crippen molar-refractivity contribution in [3.8, 4) is 0 Å². The maximum atomic E-state index is 6.62. The molecule has 0 unspecified atom stereocenters. The quantitative estimate of drug-likeness (QED) is 0.0827. The lowest BCUT2D eigenvalue weighted by molar-refractivity contribution is 0.168. The van der Waals surface area contributed by atoms with Crippen LogP contribution in [0.3, 0.4) is 0 Å². The van der Waals surface area contributed by atoms with E-state index in [0.29, 0.717) is 0 Å². The molecule has 0 bridgehead atoms. The Morgan fingerprint density at radius 1 is 0.429 bits per heavy atom. The van der Waals surface area contributed by atoms with E-state index >= 15 is 0 Å². The number of rotatable bonds is 26. The van der Waals surface area contributed by atoms with Gasteiger partial charge >= 0.3 is 17.1 Å². The Morgan fingerprint density at radius 2 is 0.743 bits per heavy atom. The molecule has 0 saturated heterocycles. The summed E-state index contributed by atoms with van der Waals surface area (Å²) < 4.78 is 26.5. The lowest BCUT2D eigenvalue weighted by atomic mass is 10.3. The normalized spacial score (nSPS) is 13.0. The van der Waals surface area contributed by atoms with Crippen molar-refractivity contribution >= 4 is 17.1 Å². The van der Waals surface area contributed by atoms with Gasteiger partial charge in [-0.1, -0.05) is 92.2 Å². The van der Waals surface area contributed by atoms with Crippen LogP contribution in [0.15, 0.2) is 23.6 Å². The van der Waals surface area contributed by atoms with E-state index in [9.17, 15) is 0 Å². The second-order valence-electron chi connectivity index (χ2n) is 9.67. The van der Waals surface area contributed by atoms with Crippen LogP contribution in [0.1, 0.15) is 125 Å². The van der Waals surface area contributed by atoms with E-state index in [1.54, 1.807) is 0 Å². The molecule has 6 heteroatoms. The van der Waals surface area contributed by atoms with Crippen molar-refractivity contribution in [3.05, 3.63) is 23.6 Å². The molecule has 0 aromatic heterocycles. The van der Waals surface area contributed by atoms with Crippen molar-refractivity contribution in [1.29, 1.82) is 0 Å². The zero-order chi connectivity index (χ0) is 26.1. The maximum absolute atomic E-state index is 6.62. The number of unbranched alkanes of at least 4 members (excludes halogenated alkanes) is 6. The van der Waals surface area contributed by atoms with Gasteiger partial charge in [0.2, 0.25) is 0 Å². The molecule has 0 N–H and O–H groups in total. The predicted octanol–water partition coefficient (Wildman–Crippen LogP) is 9.32. The van der Waals surface area contributed by atoms with Gasteiger partial charge in [0.1, 0.15) is 0 Å². The molecular weight excluding hydrogens is 468 g/mol. The Labute approximate surface area is 221 Å². The van der Waals surface area contributed by atoms with Gasteiger partial charge in [0, 0.05) is 26.4 Å². The summed E-state index contributed by atoms with van der Waals surface area (Å²) in [7, 11) is -4.83. The minimum absolute atomic E-state index is 0.796. The van der Waals surface area contributed by atoms with E-state index in [0.717, 1.165) is 122 Å². The predicted molar refractivity (Wildman–Crippen MR) is 157 cm³/mol. The minimum Gasteiger partial charge on any atom is -0.391 e. The summed E-state index contributed by atoms with van der Waals surface area (Å²) in [5, 5.41) is 0. The molecule has 0 aromatic rings.